The van der Waals surface area contributed by atoms with E-state index in [0.29, 0.717) is 24.1 Å². The minimum absolute atomic E-state index is 0.158. The molecule has 0 aliphatic carbocycles. The number of anilines is 1. The smallest absolute Gasteiger partial charge is 0.310 e. The van der Waals surface area contributed by atoms with Gasteiger partial charge in [0.15, 0.2) is 5.78 Å². The molecule has 2 aliphatic rings. The number of fused-ring (bicyclic) bond motifs is 2. The van der Waals surface area contributed by atoms with Crippen molar-refractivity contribution in [2.24, 2.45) is 11.8 Å². The van der Waals surface area contributed by atoms with Gasteiger partial charge in [0, 0.05) is 5.56 Å². The van der Waals surface area contributed by atoms with Crippen LogP contribution in [0.15, 0.2) is 24.3 Å². The third-order valence-electron chi connectivity index (χ3n) is 4.43. The number of carboxylic acids is 1. The second kappa shape index (κ2) is 5.53. The van der Waals surface area contributed by atoms with Crippen LogP contribution in [0.1, 0.15) is 30.1 Å². The average Bonchev–Trinajstić information content (AvgIpc) is 3.08. The highest BCUT2D eigenvalue weighted by atomic mass is 16.5. The quantitative estimate of drug-likeness (QED) is 0.826. The van der Waals surface area contributed by atoms with Crippen molar-refractivity contribution in [1.29, 1.82) is 0 Å². The fraction of sp³-hybridized carbons (Fsp3) is 0.438. The van der Waals surface area contributed by atoms with Crippen molar-refractivity contribution in [3.8, 4) is 0 Å². The van der Waals surface area contributed by atoms with Gasteiger partial charge in [-0.15, -0.1) is 0 Å². The van der Waals surface area contributed by atoms with E-state index in [1.165, 1.54) is 6.92 Å². The summed E-state index contributed by atoms with van der Waals surface area (Å²) in [6.07, 6.45) is 0.632. The first-order valence-electron chi connectivity index (χ1n) is 7.28. The molecule has 6 nitrogen and oxygen atoms in total. The third-order valence-corrected chi connectivity index (χ3v) is 4.43. The lowest BCUT2D eigenvalue weighted by molar-refractivity contribution is -0.147. The number of carboxylic acid groups (broad SMARTS) is 1. The van der Waals surface area contributed by atoms with Gasteiger partial charge in [-0.3, -0.25) is 14.4 Å². The zero-order chi connectivity index (χ0) is 15.9. The molecule has 2 aliphatic heterocycles. The fourth-order valence-electron chi connectivity index (χ4n) is 3.44. The number of para-hydroxylation sites is 1. The number of ketones is 1. The Morgan fingerprint density at radius 1 is 1.14 bits per heavy atom. The van der Waals surface area contributed by atoms with Gasteiger partial charge in [0.2, 0.25) is 5.91 Å². The van der Waals surface area contributed by atoms with E-state index in [1.807, 2.05) is 0 Å². The lowest BCUT2D eigenvalue weighted by atomic mass is 9.78. The molecule has 2 bridgehead atoms. The maximum absolute atomic E-state index is 12.5. The lowest BCUT2D eigenvalue weighted by Gasteiger charge is -2.24. The number of nitrogens with one attached hydrogen (secondary N) is 1. The van der Waals surface area contributed by atoms with Gasteiger partial charge in [-0.1, -0.05) is 12.1 Å². The molecule has 1 aromatic carbocycles. The highest BCUT2D eigenvalue weighted by molar-refractivity contribution is 6.05. The van der Waals surface area contributed by atoms with Crippen molar-refractivity contribution in [3.05, 3.63) is 29.8 Å². The van der Waals surface area contributed by atoms with Crippen LogP contribution in [0.25, 0.3) is 0 Å². The molecule has 2 heterocycles. The Morgan fingerprint density at radius 2 is 1.77 bits per heavy atom. The van der Waals surface area contributed by atoms with Gasteiger partial charge in [0.1, 0.15) is 0 Å². The number of rotatable bonds is 4. The Hall–Kier alpha value is -2.21. The minimum atomic E-state index is -1.01. The minimum Gasteiger partial charge on any atom is -0.481 e. The van der Waals surface area contributed by atoms with E-state index in [-0.39, 0.29) is 18.0 Å². The second-order valence-corrected chi connectivity index (χ2v) is 5.77. The molecule has 2 fully saturated rings. The molecule has 1 amide bonds. The fourth-order valence-corrected chi connectivity index (χ4v) is 3.44. The number of hydrogen-bond donors (Lipinski definition) is 2. The zero-order valence-electron chi connectivity index (χ0n) is 12.1. The summed E-state index contributed by atoms with van der Waals surface area (Å²) in [6.45, 7) is 1.42. The Bertz CT molecular complexity index is 641. The first kappa shape index (κ1) is 14.7. The summed E-state index contributed by atoms with van der Waals surface area (Å²) in [5, 5.41) is 12.0. The van der Waals surface area contributed by atoms with E-state index in [0.717, 1.165) is 0 Å². The molecule has 2 saturated heterocycles. The van der Waals surface area contributed by atoms with Crippen LogP contribution in [0.2, 0.25) is 0 Å². The summed E-state index contributed by atoms with van der Waals surface area (Å²) in [7, 11) is 0. The van der Waals surface area contributed by atoms with Crippen LogP contribution in [0.5, 0.6) is 0 Å². The van der Waals surface area contributed by atoms with Gasteiger partial charge in [-0.2, -0.15) is 0 Å². The second-order valence-electron chi connectivity index (χ2n) is 5.77. The number of ether oxygens (including phenoxy) is 1. The first-order chi connectivity index (χ1) is 10.5. The number of aliphatic carboxylic acids is 1. The number of Topliss-reactive ketones (excluding diaryl/α,β-unsaturated/α-hetero) is 1. The monoisotopic (exact) mass is 303 g/mol. The van der Waals surface area contributed by atoms with E-state index >= 15 is 0 Å². The number of carbonyl (C=O) groups is 3. The third kappa shape index (κ3) is 2.39. The Kier molecular flexibility index (Phi) is 3.70. The maximum Gasteiger partial charge on any atom is 0.310 e. The van der Waals surface area contributed by atoms with Crippen LogP contribution in [-0.2, 0) is 14.3 Å². The molecule has 22 heavy (non-hydrogen) atoms. The molecular formula is C16H17NO5. The van der Waals surface area contributed by atoms with Gasteiger partial charge >= 0.3 is 5.97 Å². The van der Waals surface area contributed by atoms with E-state index in [9.17, 15) is 19.5 Å². The highest BCUT2D eigenvalue weighted by Gasteiger charge is 2.55. The molecule has 6 heteroatoms. The van der Waals surface area contributed by atoms with Crippen LogP contribution < -0.4 is 5.32 Å². The van der Waals surface area contributed by atoms with E-state index in [2.05, 4.69) is 5.32 Å². The van der Waals surface area contributed by atoms with Gasteiger partial charge in [-0.05, 0) is 31.9 Å². The molecule has 1 aromatic rings. The predicted octanol–water partition coefficient (Wildman–Crippen LogP) is 1.71. The van der Waals surface area contributed by atoms with E-state index in [1.54, 1.807) is 24.3 Å². The molecule has 0 saturated carbocycles. The van der Waals surface area contributed by atoms with Crippen LogP contribution in [0.3, 0.4) is 0 Å². The van der Waals surface area contributed by atoms with Crippen LogP contribution in [-0.4, -0.2) is 35.0 Å². The SMILES string of the molecule is CC(=O)c1ccccc1NC(=O)[C@@H]1[C@@H](C(=O)O)[C@@H]2CC[C@@H]1O2. The predicted molar refractivity (Wildman–Crippen MR) is 77.6 cm³/mol. The summed E-state index contributed by atoms with van der Waals surface area (Å²) in [5.74, 6) is -3.09. The Morgan fingerprint density at radius 3 is 2.41 bits per heavy atom. The topological polar surface area (TPSA) is 92.7 Å². The zero-order valence-corrected chi connectivity index (χ0v) is 12.1. The summed E-state index contributed by atoms with van der Waals surface area (Å²) >= 11 is 0. The number of carbonyl (C=O) groups excluding carboxylic acids is 2. The lowest BCUT2D eigenvalue weighted by Crippen LogP contribution is -2.41. The van der Waals surface area contributed by atoms with Crippen molar-refractivity contribution in [2.75, 3.05) is 5.32 Å². The average molecular weight is 303 g/mol. The van der Waals surface area contributed by atoms with Crippen LogP contribution >= 0.6 is 0 Å². The van der Waals surface area contributed by atoms with Gasteiger partial charge < -0.3 is 15.2 Å². The molecular weight excluding hydrogens is 286 g/mol. The van der Waals surface area contributed by atoms with Crippen LogP contribution in [0, 0.1) is 11.8 Å². The van der Waals surface area contributed by atoms with Crippen LogP contribution in [0.4, 0.5) is 5.69 Å². The van der Waals surface area contributed by atoms with Gasteiger partial charge in [-0.25, -0.2) is 0 Å². The van der Waals surface area contributed by atoms with Crippen molar-refractivity contribution < 1.29 is 24.2 Å². The van der Waals surface area contributed by atoms with Crippen molar-refractivity contribution in [3.63, 3.8) is 0 Å². The van der Waals surface area contributed by atoms with Crippen molar-refractivity contribution in [2.45, 2.75) is 32.0 Å². The molecule has 0 unspecified atom stereocenters. The summed E-state index contributed by atoms with van der Waals surface area (Å²) < 4.78 is 5.59. The first-order valence-corrected chi connectivity index (χ1v) is 7.28. The maximum atomic E-state index is 12.5. The van der Waals surface area contributed by atoms with Crippen molar-refractivity contribution in [1.82, 2.24) is 0 Å². The summed E-state index contributed by atoms with van der Waals surface area (Å²) in [5.41, 5.74) is 0.818. The Balaban J connectivity index is 1.83. The number of amides is 1. The van der Waals surface area contributed by atoms with E-state index in [4.69, 9.17) is 4.74 Å². The van der Waals surface area contributed by atoms with Crippen molar-refractivity contribution >= 4 is 23.3 Å². The van der Waals surface area contributed by atoms with Gasteiger partial charge in [0.25, 0.3) is 0 Å². The molecule has 4 atom stereocenters. The highest BCUT2D eigenvalue weighted by Crippen LogP contribution is 2.44. The number of benzene rings is 1. The molecule has 0 aromatic heterocycles. The molecule has 0 radical (unpaired) electrons. The normalized spacial score (nSPS) is 29.3. The van der Waals surface area contributed by atoms with Gasteiger partial charge in [0.05, 0.1) is 29.7 Å². The molecule has 116 valence electrons. The standard InChI is InChI=1S/C16H17NO5/c1-8(18)9-4-2-3-5-10(9)17-15(19)13-11-6-7-12(22-11)14(13)16(20)21/h2-5,11-14H,6-7H2,1H3,(H,17,19)(H,20,21)/t11-,12-,13-,14-/m0/s1. The number of hydrogen-bond acceptors (Lipinski definition) is 4. The summed E-state index contributed by atoms with van der Waals surface area (Å²) in [4.78, 5) is 35.5. The van der Waals surface area contributed by atoms with E-state index < -0.39 is 23.7 Å². The molecule has 0 spiro atoms. The molecule has 3 rings (SSSR count). The summed E-state index contributed by atoms with van der Waals surface area (Å²) in [6, 6.07) is 6.70. The largest absolute Gasteiger partial charge is 0.481 e. The Labute approximate surface area is 127 Å². The molecule has 2 N–H and O–H groups in total.